The Balaban J connectivity index is 2.58. The van der Waals surface area contributed by atoms with Crippen LogP contribution in [-0.2, 0) is 6.42 Å². The maximum Gasteiger partial charge on any atom is 0.0641 e. The first-order valence-electron chi connectivity index (χ1n) is 5.86. The van der Waals surface area contributed by atoms with Gasteiger partial charge in [-0.15, -0.1) is 11.3 Å². The molecule has 1 aromatic carbocycles. The smallest absolute Gasteiger partial charge is 0.0641 e. The first kappa shape index (κ1) is 9.41. The van der Waals surface area contributed by atoms with Crippen molar-refractivity contribution < 1.29 is 1.37 Å². The van der Waals surface area contributed by atoms with E-state index in [1.165, 1.54) is 10.3 Å². The molecule has 0 saturated carbocycles. The summed E-state index contributed by atoms with van der Waals surface area (Å²) in [6.45, 7) is 8.81. The third-order valence-corrected chi connectivity index (χ3v) is 3.48. The molecule has 0 bridgehead atoms. The fourth-order valence-electron chi connectivity index (χ4n) is 1.88. The van der Waals surface area contributed by atoms with Crippen molar-refractivity contribution in [2.75, 3.05) is 0 Å². The van der Waals surface area contributed by atoms with E-state index in [0.29, 0.717) is 11.5 Å². The summed E-state index contributed by atoms with van der Waals surface area (Å²) >= 11 is 1.76. The van der Waals surface area contributed by atoms with E-state index in [2.05, 4.69) is 39.0 Å². The van der Waals surface area contributed by atoms with Gasteiger partial charge >= 0.3 is 0 Å². The lowest BCUT2D eigenvalue weighted by Crippen LogP contribution is -2.08. The zero-order chi connectivity index (χ0) is 11.9. The van der Waals surface area contributed by atoms with E-state index in [0.717, 1.165) is 16.7 Å². The predicted octanol–water partition coefficient (Wildman–Crippen LogP) is 4.80. The van der Waals surface area contributed by atoms with Gasteiger partial charge in [0.05, 0.1) is 1.37 Å². The molecule has 2 aromatic rings. The molecule has 15 heavy (non-hydrogen) atoms. The van der Waals surface area contributed by atoms with E-state index in [4.69, 9.17) is 1.37 Å². The second-order valence-corrected chi connectivity index (χ2v) is 6.54. The Labute approximate surface area is 97.3 Å². The highest BCUT2D eigenvalue weighted by Gasteiger charge is 2.13. The largest absolute Gasteiger partial charge is 0.140 e. The number of rotatable bonds is 1. The molecule has 0 aliphatic heterocycles. The standard InChI is InChI=1S/C14H18S/c1-10-8-11-6-5-7-12(13(11)15-10)9-14(2,3)4/h5-8H,9H2,1-4H3/i8D. The topological polar surface area (TPSA) is 0 Å². The highest BCUT2D eigenvalue weighted by Crippen LogP contribution is 2.32. The van der Waals surface area contributed by atoms with Gasteiger partial charge in [-0.1, -0.05) is 39.0 Å². The van der Waals surface area contributed by atoms with Crippen molar-refractivity contribution in [3.05, 3.63) is 34.7 Å². The van der Waals surface area contributed by atoms with Gasteiger partial charge in [-0.05, 0) is 35.8 Å². The minimum Gasteiger partial charge on any atom is -0.140 e. The van der Waals surface area contributed by atoms with Crippen LogP contribution in [0.1, 0.15) is 32.6 Å². The molecule has 1 heteroatoms. The average molecular weight is 219 g/mol. The van der Waals surface area contributed by atoms with Crippen molar-refractivity contribution in [2.45, 2.75) is 34.1 Å². The molecule has 0 spiro atoms. The molecule has 0 saturated heterocycles. The highest BCUT2D eigenvalue weighted by atomic mass is 32.1. The SMILES string of the molecule is [2H]c1c(C)sc2c(CC(C)(C)C)cccc12. The minimum atomic E-state index is 0.300. The zero-order valence-corrected chi connectivity index (χ0v) is 10.7. The Kier molecular flexibility index (Phi) is 2.28. The summed E-state index contributed by atoms with van der Waals surface area (Å²) in [6, 6.07) is 7.04. The summed E-state index contributed by atoms with van der Waals surface area (Å²) in [5.41, 5.74) is 1.69. The Morgan fingerprint density at radius 1 is 1.33 bits per heavy atom. The summed E-state index contributed by atoms with van der Waals surface area (Å²) in [7, 11) is 0. The van der Waals surface area contributed by atoms with Crippen LogP contribution in [0.25, 0.3) is 10.1 Å². The average Bonchev–Trinajstić information content (AvgIpc) is 2.43. The van der Waals surface area contributed by atoms with Crippen LogP contribution in [0.15, 0.2) is 24.2 Å². The molecule has 0 N–H and O–H groups in total. The summed E-state index contributed by atoms with van der Waals surface area (Å²) in [4.78, 5) is 1.12. The fourth-order valence-corrected chi connectivity index (χ4v) is 2.85. The molecule has 0 nitrogen and oxygen atoms in total. The predicted molar refractivity (Wildman–Crippen MR) is 69.7 cm³/mol. The molecule has 0 amide bonds. The lowest BCUT2D eigenvalue weighted by molar-refractivity contribution is 0.413. The molecule has 0 radical (unpaired) electrons. The van der Waals surface area contributed by atoms with Gasteiger partial charge in [-0.25, -0.2) is 0 Å². The van der Waals surface area contributed by atoms with Crippen molar-refractivity contribution in [2.24, 2.45) is 5.41 Å². The van der Waals surface area contributed by atoms with E-state index < -0.39 is 0 Å². The molecule has 0 aliphatic rings. The maximum absolute atomic E-state index is 8.01. The van der Waals surface area contributed by atoms with E-state index in [9.17, 15) is 0 Å². The summed E-state index contributed by atoms with van der Waals surface area (Å²) in [5.74, 6) is 0. The molecule has 0 aliphatic carbocycles. The number of fused-ring (bicyclic) bond motifs is 1. The maximum atomic E-state index is 8.01. The summed E-state index contributed by atoms with van der Waals surface area (Å²) in [5, 5.41) is 1.12. The highest BCUT2D eigenvalue weighted by molar-refractivity contribution is 7.19. The van der Waals surface area contributed by atoms with E-state index in [1.807, 2.05) is 6.92 Å². The number of thiophene rings is 1. The van der Waals surface area contributed by atoms with Crippen LogP contribution in [0.5, 0.6) is 0 Å². The van der Waals surface area contributed by atoms with Gasteiger partial charge in [0.2, 0.25) is 0 Å². The third-order valence-electron chi connectivity index (χ3n) is 2.38. The normalized spacial score (nSPS) is 13.2. The van der Waals surface area contributed by atoms with Crippen LogP contribution in [0.4, 0.5) is 0 Å². The van der Waals surface area contributed by atoms with Crippen molar-refractivity contribution in [1.29, 1.82) is 0 Å². The molecule has 2 rings (SSSR count). The molecule has 80 valence electrons. The molecule has 0 atom stereocenters. The van der Waals surface area contributed by atoms with Crippen LogP contribution in [0.3, 0.4) is 0 Å². The van der Waals surface area contributed by atoms with Gasteiger partial charge in [0.1, 0.15) is 0 Å². The molecule has 1 heterocycles. The molecule has 0 fully saturated rings. The van der Waals surface area contributed by atoms with Gasteiger partial charge in [0.25, 0.3) is 0 Å². The zero-order valence-electron chi connectivity index (χ0n) is 10.8. The lowest BCUT2D eigenvalue weighted by Gasteiger charge is -2.18. The van der Waals surface area contributed by atoms with E-state index in [-0.39, 0.29) is 0 Å². The lowest BCUT2D eigenvalue weighted by atomic mass is 9.88. The van der Waals surface area contributed by atoms with Crippen molar-refractivity contribution in [3.63, 3.8) is 0 Å². The van der Waals surface area contributed by atoms with Gasteiger partial charge < -0.3 is 0 Å². The van der Waals surface area contributed by atoms with Crippen LogP contribution in [0, 0.1) is 12.3 Å². The van der Waals surface area contributed by atoms with Crippen LogP contribution in [0.2, 0.25) is 0 Å². The van der Waals surface area contributed by atoms with Crippen molar-refractivity contribution >= 4 is 21.4 Å². The van der Waals surface area contributed by atoms with Crippen molar-refractivity contribution in [3.8, 4) is 0 Å². The van der Waals surface area contributed by atoms with Gasteiger partial charge in [-0.2, -0.15) is 0 Å². The van der Waals surface area contributed by atoms with Crippen LogP contribution in [-0.4, -0.2) is 0 Å². The second-order valence-electron chi connectivity index (χ2n) is 5.31. The van der Waals surface area contributed by atoms with E-state index in [1.54, 1.807) is 11.3 Å². The first-order chi connectivity index (χ1) is 7.38. The number of aryl methyl sites for hydroxylation is 1. The Bertz CT molecular complexity index is 517. The Morgan fingerprint density at radius 3 is 2.73 bits per heavy atom. The molecular formula is C14H18S. The van der Waals surface area contributed by atoms with Crippen LogP contribution < -0.4 is 0 Å². The Hall–Kier alpha value is -0.820. The fraction of sp³-hybridized carbons (Fsp3) is 0.429. The van der Waals surface area contributed by atoms with E-state index >= 15 is 0 Å². The molecule has 1 aromatic heterocycles. The second kappa shape index (κ2) is 3.64. The first-order valence-corrected chi connectivity index (χ1v) is 6.18. The van der Waals surface area contributed by atoms with Gasteiger partial charge in [0, 0.05) is 9.58 Å². The van der Waals surface area contributed by atoms with Gasteiger partial charge in [0.15, 0.2) is 0 Å². The summed E-state index contributed by atoms with van der Waals surface area (Å²) < 4.78 is 9.31. The van der Waals surface area contributed by atoms with Gasteiger partial charge in [-0.3, -0.25) is 0 Å². The molecule has 0 unspecified atom stereocenters. The van der Waals surface area contributed by atoms with Crippen molar-refractivity contribution in [1.82, 2.24) is 0 Å². The number of hydrogen-bond acceptors (Lipinski definition) is 1. The Morgan fingerprint density at radius 2 is 2.07 bits per heavy atom. The van der Waals surface area contributed by atoms with Crippen LogP contribution >= 0.6 is 11.3 Å². The monoisotopic (exact) mass is 219 g/mol. The molecular weight excluding hydrogens is 200 g/mol. The third kappa shape index (κ3) is 2.40. The number of hydrogen-bond donors (Lipinski definition) is 0. The summed E-state index contributed by atoms with van der Waals surface area (Å²) in [6.07, 6.45) is 1.07. The minimum absolute atomic E-state index is 0.300. The number of benzene rings is 1. The quantitative estimate of drug-likeness (QED) is 0.646.